The molecule has 0 aromatic heterocycles. The van der Waals surface area contributed by atoms with E-state index in [1.807, 2.05) is 0 Å². The smallest absolute Gasteiger partial charge is 0.267 e. The van der Waals surface area contributed by atoms with E-state index in [1.165, 1.54) is 36.4 Å². The Balaban J connectivity index is 2.34. The largest absolute Gasteiger partial charge is 0.273 e. The fourth-order valence-corrected chi connectivity index (χ4v) is 2.33. The SMILES string of the molecule is CC(C)(C)N(NC(=O)c1cccc([N+](=O)[O-])c1)C(=O)c1cccc([N+](=O)[O-])c1. The molecule has 0 saturated heterocycles. The summed E-state index contributed by atoms with van der Waals surface area (Å²) in [5, 5.41) is 22.9. The zero-order chi connectivity index (χ0) is 21.1. The number of non-ortho nitro benzene ring substituents is 2. The molecule has 0 aliphatic carbocycles. The van der Waals surface area contributed by atoms with E-state index in [-0.39, 0.29) is 22.5 Å². The molecule has 0 unspecified atom stereocenters. The third-order valence-corrected chi connectivity index (χ3v) is 3.71. The Hall–Kier alpha value is -3.82. The van der Waals surface area contributed by atoms with E-state index < -0.39 is 27.2 Å². The van der Waals surface area contributed by atoms with Crippen LogP contribution in [0, 0.1) is 20.2 Å². The first-order chi connectivity index (χ1) is 13.0. The predicted molar refractivity (Wildman–Crippen MR) is 99.6 cm³/mol. The maximum Gasteiger partial charge on any atom is 0.273 e. The summed E-state index contributed by atoms with van der Waals surface area (Å²) in [6.45, 7) is 4.99. The topological polar surface area (TPSA) is 136 Å². The quantitative estimate of drug-likeness (QED) is 0.633. The Kier molecular flexibility index (Phi) is 5.73. The zero-order valence-electron chi connectivity index (χ0n) is 15.4. The standard InChI is InChI=1S/C18H18N4O6/c1-18(2,3)20(17(24)13-7-5-9-15(11-13)22(27)28)19-16(23)12-6-4-8-14(10-12)21(25)26/h4-11H,1-3H3,(H,19,23). The number of amides is 2. The molecule has 2 aromatic carbocycles. The third-order valence-electron chi connectivity index (χ3n) is 3.71. The summed E-state index contributed by atoms with van der Waals surface area (Å²) in [6, 6.07) is 10.2. The molecule has 2 aromatic rings. The molecular formula is C18H18N4O6. The van der Waals surface area contributed by atoms with Crippen molar-refractivity contribution in [2.75, 3.05) is 0 Å². The molecule has 146 valence electrons. The van der Waals surface area contributed by atoms with Crippen molar-refractivity contribution in [1.82, 2.24) is 10.4 Å². The van der Waals surface area contributed by atoms with Crippen molar-refractivity contribution >= 4 is 23.2 Å². The van der Waals surface area contributed by atoms with Gasteiger partial charge in [0.2, 0.25) is 0 Å². The summed E-state index contributed by atoms with van der Waals surface area (Å²) < 4.78 is 0. The average Bonchev–Trinajstić information content (AvgIpc) is 2.64. The van der Waals surface area contributed by atoms with Crippen LogP contribution >= 0.6 is 0 Å². The van der Waals surface area contributed by atoms with Crippen LogP contribution in [0.1, 0.15) is 41.5 Å². The molecule has 0 aliphatic heterocycles. The first-order valence-corrected chi connectivity index (χ1v) is 8.15. The van der Waals surface area contributed by atoms with Gasteiger partial charge in [0.25, 0.3) is 23.2 Å². The number of benzene rings is 2. The Bertz CT molecular complexity index is 951. The summed E-state index contributed by atoms with van der Waals surface area (Å²) in [4.78, 5) is 46.0. The third kappa shape index (κ3) is 4.67. The molecule has 0 spiro atoms. The van der Waals surface area contributed by atoms with E-state index in [9.17, 15) is 29.8 Å². The first kappa shape index (κ1) is 20.5. The number of nitrogens with zero attached hydrogens (tertiary/aromatic N) is 3. The van der Waals surface area contributed by atoms with Crippen LogP contribution in [0.25, 0.3) is 0 Å². The fourth-order valence-electron chi connectivity index (χ4n) is 2.33. The van der Waals surface area contributed by atoms with Crippen molar-refractivity contribution in [1.29, 1.82) is 0 Å². The van der Waals surface area contributed by atoms with Crippen LogP contribution < -0.4 is 5.43 Å². The van der Waals surface area contributed by atoms with Gasteiger partial charge in [0.05, 0.1) is 15.4 Å². The molecule has 0 radical (unpaired) electrons. The lowest BCUT2D eigenvalue weighted by atomic mass is 10.1. The Morgan fingerprint density at radius 2 is 1.36 bits per heavy atom. The number of carbonyl (C=O) groups excluding carboxylic acids is 2. The van der Waals surface area contributed by atoms with Crippen LogP contribution in [0.3, 0.4) is 0 Å². The lowest BCUT2D eigenvalue weighted by Crippen LogP contribution is -2.55. The Labute approximate surface area is 160 Å². The van der Waals surface area contributed by atoms with Gasteiger partial charge in [-0.05, 0) is 32.9 Å². The number of nitrogens with one attached hydrogen (secondary N) is 1. The molecule has 0 atom stereocenters. The normalized spacial score (nSPS) is 10.8. The zero-order valence-corrected chi connectivity index (χ0v) is 15.4. The molecule has 0 bridgehead atoms. The second kappa shape index (κ2) is 7.82. The predicted octanol–water partition coefficient (Wildman–Crippen LogP) is 3.09. The summed E-state index contributed by atoms with van der Waals surface area (Å²) in [5.41, 5.74) is 1.05. The first-order valence-electron chi connectivity index (χ1n) is 8.15. The van der Waals surface area contributed by atoms with Gasteiger partial charge in [-0.1, -0.05) is 12.1 Å². The fraction of sp³-hybridized carbons (Fsp3) is 0.222. The number of hydrogen-bond acceptors (Lipinski definition) is 6. The van der Waals surface area contributed by atoms with Gasteiger partial charge in [-0.25, -0.2) is 5.01 Å². The Morgan fingerprint density at radius 1 is 0.893 bits per heavy atom. The number of nitro groups is 2. The monoisotopic (exact) mass is 386 g/mol. The highest BCUT2D eigenvalue weighted by molar-refractivity contribution is 6.00. The van der Waals surface area contributed by atoms with E-state index in [1.54, 1.807) is 20.8 Å². The molecule has 0 aliphatic rings. The number of nitro benzene ring substituents is 2. The molecule has 10 heteroatoms. The molecule has 28 heavy (non-hydrogen) atoms. The molecule has 0 heterocycles. The van der Waals surface area contributed by atoms with Crippen molar-refractivity contribution in [2.45, 2.75) is 26.3 Å². The summed E-state index contributed by atoms with van der Waals surface area (Å²) in [6.07, 6.45) is 0. The lowest BCUT2D eigenvalue weighted by molar-refractivity contribution is -0.385. The van der Waals surface area contributed by atoms with Crippen molar-refractivity contribution in [2.24, 2.45) is 0 Å². The summed E-state index contributed by atoms with van der Waals surface area (Å²) in [5.74, 6) is -1.38. The molecule has 10 nitrogen and oxygen atoms in total. The molecule has 2 amide bonds. The lowest BCUT2D eigenvalue weighted by Gasteiger charge is -2.35. The molecule has 0 saturated carbocycles. The van der Waals surface area contributed by atoms with Gasteiger partial charge in [0.1, 0.15) is 0 Å². The number of rotatable bonds is 4. The molecule has 0 fully saturated rings. The van der Waals surface area contributed by atoms with E-state index in [2.05, 4.69) is 5.43 Å². The minimum Gasteiger partial charge on any atom is -0.267 e. The Morgan fingerprint density at radius 3 is 1.82 bits per heavy atom. The number of carbonyl (C=O) groups is 2. The van der Waals surface area contributed by atoms with Crippen molar-refractivity contribution < 1.29 is 19.4 Å². The van der Waals surface area contributed by atoms with E-state index >= 15 is 0 Å². The second-order valence-corrected chi connectivity index (χ2v) is 6.87. The minimum absolute atomic E-state index is 0.00436. The van der Waals surface area contributed by atoms with Crippen LogP contribution in [0.15, 0.2) is 48.5 Å². The van der Waals surface area contributed by atoms with Crippen LogP contribution in [-0.4, -0.2) is 32.2 Å². The van der Waals surface area contributed by atoms with Crippen LogP contribution in [0.4, 0.5) is 11.4 Å². The molecule has 1 N–H and O–H groups in total. The van der Waals surface area contributed by atoms with Crippen LogP contribution in [-0.2, 0) is 0 Å². The maximum absolute atomic E-state index is 12.9. The summed E-state index contributed by atoms with van der Waals surface area (Å²) in [7, 11) is 0. The average molecular weight is 386 g/mol. The van der Waals surface area contributed by atoms with E-state index in [0.717, 1.165) is 17.1 Å². The summed E-state index contributed by atoms with van der Waals surface area (Å²) >= 11 is 0. The van der Waals surface area contributed by atoms with Crippen molar-refractivity contribution in [3.63, 3.8) is 0 Å². The maximum atomic E-state index is 12.9. The van der Waals surface area contributed by atoms with Gasteiger partial charge in [0, 0.05) is 35.4 Å². The van der Waals surface area contributed by atoms with Gasteiger partial charge in [0.15, 0.2) is 0 Å². The van der Waals surface area contributed by atoms with Gasteiger partial charge in [-0.2, -0.15) is 0 Å². The molecular weight excluding hydrogens is 368 g/mol. The van der Waals surface area contributed by atoms with Crippen molar-refractivity contribution in [3.05, 3.63) is 79.9 Å². The second-order valence-electron chi connectivity index (χ2n) is 6.87. The highest BCUT2D eigenvalue weighted by Gasteiger charge is 2.30. The van der Waals surface area contributed by atoms with Gasteiger partial charge >= 0.3 is 0 Å². The number of hydrogen-bond donors (Lipinski definition) is 1. The van der Waals surface area contributed by atoms with Gasteiger partial charge in [-0.15, -0.1) is 0 Å². The van der Waals surface area contributed by atoms with Crippen LogP contribution in [0.5, 0.6) is 0 Å². The van der Waals surface area contributed by atoms with Crippen molar-refractivity contribution in [3.8, 4) is 0 Å². The van der Waals surface area contributed by atoms with E-state index in [4.69, 9.17) is 0 Å². The van der Waals surface area contributed by atoms with Gasteiger partial charge in [-0.3, -0.25) is 35.2 Å². The minimum atomic E-state index is -0.877. The number of hydrazine groups is 1. The van der Waals surface area contributed by atoms with Gasteiger partial charge < -0.3 is 0 Å². The highest BCUT2D eigenvalue weighted by atomic mass is 16.6. The van der Waals surface area contributed by atoms with Crippen LogP contribution in [0.2, 0.25) is 0 Å². The highest BCUT2D eigenvalue weighted by Crippen LogP contribution is 2.20. The molecule has 2 rings (SSSR count). The van der Waals surface area contributed by atoms with E-state index in [0.29, 0.717) is 0 Å².